The summed E-state index contributed by atoms with van der Waals surface area (Å²) in [5.74, 6) is 5.09. The van der Waals surface area contributed by atoms with Crippen LogP contribution in [0.1, 0.15) is 64.7 Å². The van der Waals surface area contributed by atoms with Crippen LogP contribution in [0.25, 0.3) is 0 Å². The van der Waals surface area contributed by atoms with Crippen LogP contribution < -0.4 is 16.8 Å². The first kappa shape index (κ1) is 17.4. The second kappa shape index (κ2) is 14.4. The van der Waals surface area contributed by atoms with E-state index in [1.54, 1.807) is 0 Å². The summed E-state index contributed by atoms with van der Waals surface area (Å²) in [6.45, 7) is 3.55. The van der Waals surface area contributed by atoms with Crippen molar-refractivity contribution in [1.29, 1.82) is 0 Å². The van der Waals surface area contributed by atoms with Gasteiger partial charge in [-0.05, 0) is 25.7 Å². The maximum absolute atomic E-state index is 10.2. The number of nitrogens with one attached hydrogen (secondary N) is 2. The third-order valence-corrected chi connectivity index (χ3v) is 3.13. The first-order valence-electron chi connectivity index (χ1n) is 7.12. The van der Waals surface area contributed by atoms with Gasteiger partial charge in [-0.1, -0.05) is 39.0 Å². The highest BCUT2D eigenvalue weighted by molar-refractivity contribution is 5.37. The number of hydrogen-bond acceptors (Lipinski definition) is 5. The molecular formula is C13H29N3O2. The van der Waals surface area contributed by atoms with Crippen molar-refractivity contribution in [3.8, 4) is 0 Å². The van der Waals surface area contributed by atoms with Crippen molar-refractivity contribution in [2.75, 3.05) is 6.54 Å². The highest BCUT2D eigenvalue weighted by Crippen LogP contribution is 2.12. The van der Waals surface area contributed by atoms with Crippen LogP contribution in [-0.2, 0) is 9.53 Å². The topological polar surface area (TPSA) is 76.4 Å². The molecule has 5 heteroatoms. The predicted octanol–water partition coefficient (Wildman–Crippen LogP) is 2.03. The molecular weight excluding hydrogens is 230 g/mol. The smallest absolute Gasteiger partial charge is 0.293 e. The Morgan fingerprint density at radius 3 is 2.28 bits per heavy atom. The fourth-order valence-electron chi connectivity index (χ4n) is 1.99. The first-order valence-corrected chi connectivity index (χ1v) is 7.12. The summed E-state index contributed by atoms with van der Waals surface area (Å²) in [5, 5.41) is 0. The van der Waals surface area contributed by atoms with Crippen molar-refractivity contribution in [3.63, 3.8) is 0 Å². The van der Waals surface area contributed by atoms with Gasteiger partial charge in [-0.3, -0.25) is 10.6 Å². The van der Waals surface area contributed by atoms with Gasteiger partial charge < -0.3 is 4.74 Å². The van der Waals surface area contributed by atoms with Crippen LogP contribution in [0, 0.1) is 0 Å². The molecule has 0 aromatic rings. The van der Waals surface area contributed by atoms with Gasteiger partial charge in [0.15, 0.2) is 0 Å². The van der Waals surface area contributed by atoms with Crippen molar-refractivity contribution >= 4 is 6.47 Å². The van der Waals surface area contributed by atoms with Gasteiger partial charge in [0.1, 0.15) is 6.10 Å². The van der Waals surface area contributed by atoms with Crippen LogP contribution in [-0.4, -0.2) is 19.1 Å². The van der Waals surface area contributed by atoms with E-state index in [1.165, 1.54) is 32.1 Å². The zero-order chi connectivity index (χ0) is 13.5. The van der Waals surface area contributed by atoms with E-state index in [1.807, 2.05) is 0 Å². The first-order chi connectivity index (χ1) is 8.85. The van der Waals surface area contributed by atoms with Gasteiger partial charge in [0.05, 0.1) is 0 Å². The number of carbonyl (C=O) groups is 1. The Morgan fingerprint density at radius 2 is 1.72 bits per heavy atom. The number of unbranched alkanes of at least 4 members (excludes halogenated alkanes) is 6. The Morgan fingerprint density at radius 1 is 1.11 bits per heavy atom. The number of hydrazine groups is 2. The van der Waals surface area contributed by atoms with E-state index in [0.717, 1.165) is 32.2 Å². The Balaban J connectivity index is 3.12. The Hall–Kier alpha value is -0.650. The molecule has 0 rings (SSSR count). The lowest BCUT2D eigenvalue weighted by Gasteiger charge is -2.12. The molecule has 0 radical (unpaired) electrons. The molecule has 0 amide bonds. The van der Waals surface area contributed by atoms with Crippen molar-refractivity contribution in [1.82, 2.24) is 11.0 Å². The van der Waals surface area contributed by atoms with Gasteiger partial charge in [-0.15, -0.1) is 0 Å². The fourth-order valence-corrected chi connectivity index (χ4v) is 1.99. The summed E-state index contributed by atoms with van der Waals surface area (Å²) in [4.78, 5) is 10.2. The number of rotatable bonds is 14. The standard InChI is InChI=1S/C13H29N3O2/c1-2-13(18-12-17)10-8-6-4-3-5-7-9-11-15-16-14/h12-13,15-16H,2-11,14H2,1H3. The van der Waals surface area contributed by atoms with E-state index in [4.69, 9.17) is 10.6 Å². The van der Waals surface area contributed by atoms with Crippen molar-refractivity contribution in [2.24, 2.45) is 5.84 Å². The summed E-state index contributed by atoms with van der Waals surface area (Å²) in [6.07, 6.45) is 10.7. The van der Waals surface area contributed by atoms with Crippen LogP contribution in [0.4, 0.5) is 0 Å². The zero-order valence-corrected chi connectivity index (χ0v) is 11.6. The summed E-state index contributed by atoms with van der Waals surface area (Å²) >= 11 is 0. The minimum absolute atomic E-state index is 0.123. The van der Waals surface area contributed by atoms with E-state index in [2.05, 4.69) is 17.9 Å². The van der Waals surface area contributed by atoms with Crippen molar-refractivity contribution < 1.29 is 9.53 Å². The summed E-state index contributed by atoms with van der Waals surface area (Å²) < 4.78 is 4.97. The molecule has 0 fully saturated rings. The van der Waals surface area contributed by atoms with Gasteiger partial charge >= 0.3 is 0 Å². The molecule has 0 aromatic carbocycles. The van der Waals surface area contributed by atoms with Gasteiger partial charge in [0.2, 0.25) is 0 Å². The summed E-state index contributed by atoms with van der Waals surface area (Å²) in [5.41, 5.74) is 5.30. The highest BCUT2D eigenvalue weighted by Gasteiger charge is 2.05. The Labute approximate surface area is 111 Å². The van der Waals surface area contributed by atoms with Crippen LogP contribution in [0.3, 0.4) is 0 Å². The molecule has 0 bridgehead atoms. The van der Waals surface area contributed by atoms with Crippen molar-refractivity contribution in [2.45, 2.75) is 70.8 Å². The van der Waals surface area contributed by atoms with E-state index >= 15 is 0 Å². The molecule has 108 valence electrons. The van der Waals surface area contributed by atoms with Gasteiger partial charge in [-0.2, -0.15) is 5.53 Å². The molecule has 0 aliphatic heterocycles. The van der Waals surface area contributed by atoms with E-state index < -0.39 is 0 Å². The molecule has 0 aliphatic carbocycles. The van der Waals surface area contributed by atoms with E-state index in [9.17, 15) is 4.79 Å². The van der Waals surface area contributed by atoms with E-state index in [0.29, 0.717) is 6.47 Å². The Bertz CT molecular complexity index is 180. The SMILES string of the molecule is CCC(CCCCCCCCCNNN)OC=O. The third-order valence-electron chi connectivity index (χ3n) is 3.13. The van der Waals surface area contributed by atoms with Crippen LogP contribution in [0.2, 0.25) is 0 Å². The van der Waals surface area contributed by atoms with Gasteiger partial charge in [0, 0.05) is 6.54 Å². The maximum Gasteiger partial charge on any atom is 0.293 e. The highest BCUT2D eigenvalue weighted by atomic mass is 16.5. The summed E-state index contributed by atoms with van der Waals surface area (Å²) in [6, 6.07) is 0. The lowest BCUT2D eigenvalue weighted by atomic mass is 10.1. The number of hydrogen-bond donors (Lipinski definition) is 3. The van der Waals surface area contributed by atoms with Gasteiger partial charge in [0.25, 0.3) is 6.47 Å². The summed E-state index contributed by atoms with van der Waals surface area (Å²) in [7, 11) is 0. The largest absolute Gasteiger partial charge is 0.465 e. The lowest BCUT2D eigenvalue weighted by Crippen LogP contribution is -2.38. The molecule has 18 heavy (non-hydrogen) atoms. The fraction of sp³-hybridized carbons (Fsp3) is 0.923. The third kappa shape index (κ3) is 11.8. The molecule has 1 unspecified atom stereocenters. The average molecular weight is 259 g/mol. The molecule has 0 saturated heterocycles. The quantitative estimate of drug-likeness (QED) is 0.193. The zero-order valence-electron chi connectivity index (χ0n) is 11.6. The second-order valence-corrected chi connectivity index (χ2v) is 4.60. The van der Waals surface area contributed by atoms with Crippen LogP contribution >= 0.6 is 0 Å². The Kier molecular flexibility index (Phi) is 13.9. The van der Waals surface area contributed by atoms with Gasteiger partial charge in [-0.25, -0.2) is 5.43 Å². The lowest BCUT2D eigenvalue weighted by molar-refractivity contribution is -0.134. The predicted molar refractivity (Wildman–Crippen MR) is 73.5 cm³/mol. The molecule has 0 aromatic heterocycles. The van der Waals surface area contributed by atoms with Crippen molar-refractivity contribution in [3.05, 3.63) is 0 Å². The molecule has 1 atom stereocenters. The number of ether oxygens (including phenoxy) is 1. The minimum atomic E-state index is 0.123. The number of carbonyl (C=O) groups excluding carboxylic acids is 1. The van der Waals surface area contributed by atoms with Crippen LogP contribution in [0.15, 0.2) is 0 Å². The molecule has 5 nitrogen and oxygen atoms in total. The molecule has 4 N–H and O–H groups in total. The average Bonchev–Trinajstić information content (AvgIpc) is 2.39. The minimum Gasteiger partial charge on any atom is -0.465 e. The monoisotopic (exact) mass is 259 g/mol. The molecule has 0 spiro atoms. The van der Waals surface area contributed by atoms with Crippen LogP contribution in [0.5, 0.6) is 0 Å². The second-order valence-electron chi connectivity index (χ2n) is 4.60. The normalized spacial score (nSPS) is 12.3. The molecule has 0 saturated carbocycles. The van der Waals surface area contributed by atoms with E-state index in [-0.39, 0.29) is 6.10 Å². The molecule has 0 aliphatic rings. The molecule has 0 heterocycles. The maximum atomic E-state index is 10.2. The number of nitrogens with two attached hydrogens (primary N) is 1.